The van der Waals surface area contributed by atoms with Gasteiger partial charge in [-0.2, -0.15) is 0 Å². The first kappa shape index (κ1) is 8.02. The van der Waals surface area contributed by atoms with Gasteiger partial charge in [0.15, 0.2) is 0 Å². The third-order valence-corrected chi connectivity index (χ3v) is 2.69. The molecule has 2 heteroatoms. The summed E-state index contributed by atoms with van der Waals surface area (Å²) in [6.07, 6.45) is 1.81. The summed E-state index contributed by atoms with van der Waals surface area (Å²) in [7, 11) is 0. The van der Waals surface area contributed by atoms with Crippen molar-refractivity contribution in [2.45, 2.75) is 32.3 Å². The van der Waals surface area contributed by atoms with Crippen LogP contribution in [0, 0.1) is 11.8 Å². The minimum Gasteiger partial charge on any atom is -0.390 e. The Hall–Kier alpha value is -0.0800. The molecule has 1 rings (SSSR count). The Labute approximate surface area is 62.4 Å². The molecule has 0 saturated heterocycles. The van der Waals surface area contributed by atoms with Crippen molar-refractivity contribution < 1.29 is 5.11 Å². The highest BCUT2D eigenvalue weighted by Crippen LogP contribution is 2.42. The second-order valence-corrected chi connectivity index (χ2v) is 3.77. The highest BCUT2D eigenvalue weighted by molar-refractivity contribution is 4.96. The average Bonchev–Trinajstić information content (AvgIpc) is 1.80. The van der Waals surface area contributed by atoms with Gasteiger partial charge in [-0.25, -0.2) is 0 Å². The number of rotatable bonds is 2. The summed E-state index contributed by atoms with van der Waals surface area (Å²) < 4.78 is 0. The van der Waals surface area contributed by atoms with Gasteiger partial charge in [-0.3, -0.25) is 0 Å². The fourth-order valence-electron chi connectivity index (χ4n) is 1.58. The second-order valence-electron chi connectivity index (χ2n) is 3.77. The molecule has 0 unspecified atom stereocenters. The molecular formula is C8H17NO. The molecular weight excluding hydrogens is 126 g/mol. The van der Waals surface area contributed by atoms with Crippen LogP contribution in [0.1, 0.15) is 26.7 Å². The lowest BCUT2D eigenvalue weighted by atomic mass is 9.65. The minimum atomic E-state index is -0.385. The lowest BCUT2D eigenvalue weighted by Crippen LogP contribution is -2.50. The van der Waals surface area contributed by atoms with Gasteiger partial charge in [0, 0.05) is 0 Å². The number of nitrogens with two attached hydrogens (primary N) is 1. The zero-order valence-corrected chi connectivity index (χ0v) is 6.80. The molecule has 0 heterocycles. The van der Waals surface area contributed by atoms with E-state index in [1.54, 1.807) is 0 Å². The topological polar surface area (TPSA) is 46.2 Å². The van der Waals surface area contributed by atoms with Gasteiger partial charge in [0.25, 0.3) is 0 Å². The first-order chi connectivity index (χ1) is 4.58. The van der Waals surface area contributed by atoms with Crippen LogP contribution in [0.15, 0.2) is 0 Å². The number of hydrogen-bond acceptors (Lipinski definition) is 2. The second kappa shape index (κ2) is 2.51. The predicted octanol–water partition coefficient (Wildman–Crippen LogP) is 0.742. The maximum absolute atomic E-state index is 9.73. The minimum absolute atomic E-state index is 0.385. The van der Waals surface area contributed by atoms with E-state index >= 15 is 0 Å². The Kier molecular flexibility index (Phi) is 2.02. The molecule has 0 aromatic heterocycles. The smallest absolute Gasteiger partial charge is 0.0676 e. The molecule has 0 aromatic rings. The first-order valence-electron chi connectivity index (χ1n) is 4.01. The molecule has 0 aliphatic heterocycles. The molecule has 0 spiro atoms. The molecule has 1 saturated carbocycles. The molecule has 0 bridgehead atoms. The van der Waals surface area contributed by atoms with E-state index in [0.29, 0.717) is 11.8 Å². The van der Waals surface area contributed by atoms with Gasteiger partial charge in [0.2, 0.25) is 0 Å². The van der Waals surface area contributed by atoms with E-state index in [9.17, 15) is 5.11 Å². The van der Waals surface area contributed by atoms with Crippen molar-refractivity contribution in [2.24, 2.45) is 17.6 Å². The van der Waals surface area contributed by atoms with Crippen molar-refractivity contribution in [3.8, 4) is 0 Å². The Morgan fingerprint density at radius 3 is 2.40 bits per heavy atom. The lowest BCUT2D eigenvalue weighted by Gasteiger charge is -2.46. The summed E-state index contributed by atoms with van der Waals surface area (Å²) >= 11 is 0. The maximum atomic E-state index is 9.73. The SMILES string of the molecule is CC(C)C1(O)CC(CN)C1. The zero-order chi connectivity index (χ0) is 7.78. The van der Waals surface area contributed by atoms with Crippen LogP contribution in [0.2, 0.25) is 0 Å². The Bertz CT molecular complexity index is 116. The molecule has 1 aliphatic carbocycles. The van der Waals surface area contributed by atoms with Crippen LogP contribution < -0.4 is 5.73 Å². The van der Waals surface area contributed by atoms with Crippen molar-refractivity contribution in [2.75, 3.05) is 6.54 Å². The summed E-state index contributed by atoms with van der Waals surface area (Å²) in [4.78, 5) is 0. The van der Waals surface area contributed by atoms with E-state index in [0.717, 1.165) is 19.4 Å². The molecule has 60 valence electrons. The molecule has 1 fully saturated rings. The zero-order valence-electron chi connectivity index (χ0n) is 6.80. The normalized spacial score (nSPS) is 39.9. The summed E-state index contributed by atoms with van der Waals surface area (Å²) in [5, 5.41) is 9.73. The van der Waals surface area contributed by atoms with Gasteiger partial charge in [-0.05, 0) is 31.2 Å². The number of hydrogen-bond donors (Lipinski definition) is 2. The maximum Gasteiger partial charge on any atom is 0.0676 e. The average molecular weight is 143 g/mol. The molecule has 10 heavy (non-hydrogen) atoms. The summed E-state index contributed by atoms with van der Waals surface area (Å²) in [6, 6.07) is 0. The van der Waals surface area contributed by atoms with Crippen LogP contribution in [-0.4, -0.2) is 17.3 Å². The largest absolute Gasteiger partial charge is 0.390 e. The van der Waals surface area contributed by atoms with Crippen molar-refractivity contribution >= 4 is 0 Å². The van der Waals surface area contributed by atoms with Gasteiger partial charge in [-0.1, -0.05) is 13.8 Å². The Morgan fingerprint density at radius 1 is 1.60 bits per heavy atom. The van der Waals surface area contributed by atoms with Gasteiger partial charge < -0.3 is 10.8 Å². The fourth-order valence-corrected chi connectivity index (χ4v) is 1.58. The van der Waals surface area contributed by atoms with Gasteiger partial charge in [-0.15, -0.1) is 0 Å². The van der Waals surface area contributed by atoms with Crippen LogP contribution in [-0.2, 0) is 0 Å². The molecule has 0 aromatic carbocycles. The van der Waals surface area contributed by atoms with E-state index in [1.165, 1.54) is 0 Å². The van der Waals surface area contributed by atoms with E-state index in [1.807, 2.05) is 0 Å². The summed E-state index contributed by atoms with van der Waals surface area (Å²) in [5.74, 6) is 0.961. The highest BCUT2D eigenvalue weighted by atomic mass is 16.3. The van der Waals surface area contributed by atoms with Crippen LogP contribution in [0.4, 0.5) is 0 Å². The van der Waals surface area contributed by atoms with Crippen LogP contribution in [0.3, 0.4) is 0 Å². The third-order valence-electron chi connectivity index (χ3n) is 2.69. The van der Waals surface area contributed by atoms with Crippen molar-refractivity contribution in [3.63, 3.8) is 0 Å². The molecule has 0 atom stereocenters. The standard InChI is InChI=1S/C8H17NO/c1-6(2)8(10)3-7(4-8)5-9/h6-7,10H,3-5,9H2,1-2H3. The lowest BCUT2D eigenvalue weighted by molar-refractivity contribution is -0.105. The molecule has 2 nitrogen and oxygen atoms in total. The summed E-state index contributed by atoms with van der Waals surface area (Å²) in [6.45, 7) is 4.86. The first-order valence-corrected chi connectivity index (χ1v) is 4.01. The molecule has 0 amide bonds. The third kappa shape index (κ3) is 1.18. The Morgan fingerprint density at radius 2 is 2.10 bits per heavy atom. The van der Waals surface area contributed by atoms with Gasteiger partial charge >= 0.3 is 0 Å². The quantitative estimate of drug-likeness (QED) is 0.599. The van der Waals surface area contributed by atoms with Gasteiger partial charge in [0.05, 0.1) is 5.60 Å². The van der Waals surface area contributed by atoms with Gasteiger partial charge in [0.1, 0.15) is 0 Å². The Balaban J connectivity index is 2.34. The van der Waals surface area contributed by atoms with E-state index in [4.69, 9.17) is 5.73 Å². The van der Waals surface area contributed by atoms with Crippen molar-refractivity contribution in [3.05, 3.63) is 0 Å². The molecule has 3 N–H and O–H groups in total. The van der Waals surface area contributed by atoms with Crippen LogP contribution >= 0.6 is 0 Å². The van der Waals surface area contributed by atoms with Crippen molar-refractivity contribution in [1.82, 2.24) is 0 Å². The molecule has 1 aliphatic rings. The molecule has 0 radical (unpaired) electrons. The van der Waals surface area contributed by atoms with Crippen LogP contribution in [0.25, 0.3) is 0 Å². The van der Waals surface area contributed by atoms with E-state index < -0.39 is 0 Å². The van der Waals surface area contributed by atoms with E-state index in [-0.39, 0.29) is 5.60 Å². The predicted molar refractivity (Wildman–Crippen MR) is 41.6 cm³/mol. The number of aliphatic hydroxyl groups is 1. The highest BCUT2D eigenvalue weighted by Gasteiger charge is 2.43. The monoisotopic (exact) mass is 143 g/mol. The van der Waals surface area contributed by atoms with Crippen LogP contribution in [0.5, 0.6) is 0 Å². The summed E-state index contributed by atoms with van der Waals surface area (Å²) in [5.41, 5.74) is 5.06. The van der Waals surface area contributed by atoms with Crippen molar-refractivity contribution in [1.29, 1.82) is 0 Å². The fraction of sp³-hybridized carbons (Fsp3) is 1.00. The van der Waals surface area contributed by atoms with E-state index in [2.05, 4.69) is 13.8 Å².